The van der Waals surface area contributed by atoms with Crippen LogP contribution in [0.25, 0.3) is 0 Å². The number of anilines is 2. The van der Waals surface area contributed by atoms with Crippen molar-refractivity contribution in [3.8, 4) is 0 Å². The van der Waals surface area contributed by atoms with E-state index in [4.69, 9.17) is 0 Å². The van der Waals surface area contributed by atoms with Gasteiger partial charge in [0, 0.05) is 30.2 Å². The summed E-state index contributed by atoms with van der Waals surface area (Å²) in [6, 6.07) is 18.2. The Morgan fingerprint density at radius 2 is 1.70 bits per heavy atom. The fraction of sp³-hybridized carbons (Fsp3) is 0.136. The van der Waals surface area contributed by atoms with Crippen molar-refractivity contribution < 1.29 is 9.59 Å². The molecular weight excluding hydrogens is 338 g/mol. The first-order chi connectivity index (χ1) is 13.0. The molecule has 1 aromatic heterocycles. The SMILES string of the molecule is Cc1ccc(NC(=O)c2ccnc(C(=O)N(C)c3ccccc3)c2)c(C)c1. The molecule has 0 saturated carbocycles. The van der Waals surface area contributed by atoms with Gasteiger partial charge in [-0.3, -0.25) is 14.6 Å². The maximum Gasteiger partial charge on any atom is 0.276 e. The van der Waals surface area contributed by atoms with Gasteiger partial charge in [0.25, 0.3) is 11.8 Å². The fourth-order valence-corrected chi connectivity index (χ4v) is 2.78. The van der Waals surface area contributed by atoms with Crippen molar-refractivity contribution in [1.82, 2.24) is 4.98 Å². The molecule has 0 unspecified atom stereocenters. The molecule has 0 aliphatic carbocycles. The van der Waals surface area contributed by atoms with Crippen LogP contribution in [0.4, 0.5) is 11.4 Å². The number of benzene rings is 2. The highest BCUT2D eigenvalue weighted by molar-refractivity contribution is 6.08. The van der Waals surface area contributed by atoms with Crippen molar-refractivity contribution in [2.75, 3.05) is 17.3 Å². The van der Waals surface area contributed by atoms with Crippen molar-refractivity contribution in [2.45, 2.75) is 13.8 Å². The van der Waals surface area contributed by atoms with Crippen molar-refractivity contribution in [2.24, 2.45) is 0 Å². The minimum absolute atomic E-state index is 0.217. The molecule has 0 spiro atoms. The van der Waals surface area contributed by atoms with Gasteiger partial charge in [0.05, 0.1) is 0 Å². The minimum Gasteiger partial charge on any atom is -0.322 e. The van der Waals surface area contributed by atoms with Gasteiger partial charge in [0.1, 0.15) is 5.69 Å². The fourth-order valence-electron chi connectivity index (χ4n) is 2.78. The van der Waals surface area contributed by atoms with Crippen molar-refractivity contribution in [3.05, 3.63) is 89.2 Å². The quantitative estimate of drug-likeness (QED) is 0.758. The van der Waals surface area contributed by atoms with Crippen LogP contribution in [0.3, 0.4) is 0 Å². The molecule has 2 aromatic carbocycles. The molecule has 0 fully saturated rings. The third-order valence-corrected chi connectivity index (χ3v) is 4.32. The van der Waals surface area contributed by atoms with Crippen LogP contribution in [0.1, 0.15) is 32.0 Å². The number of nitrogens with one attached hydrogen (secondary N) is 1. The molecule has 0 atom stereocenters. The second-order valence-corrected chi connectivity index (χ2v) is 6.40. The normalized spacial score (nSPS) is 10.3. The Morgan fingerprint density at radius 3 is 2.41 bits per heavy atom. The summed E-state index contributed by atoms with van der Waals surface area (Å²) in [5, 5.41) is 2.89. The lowest BCUT2D eigenvalue weighted by Crippen LogP contribution is -2.27. The number of pyridine rings is 1. The van der Waals surface area contributed by atoms with Gasteiger partial charge >= 0.3 is 0 Å². The topological polar surface area (TPSA) is 62.3 Å². The van der Waals surface area contributed by atoms with Crippen LogP contribution in [0.2, 0.25) is 0 Å². The Balaban J connectivity index is 1.80. The molecule has 27 heavy (non-hydrogen) atoms. The Bertz CT molecular complexity index is 984. The molecule has 0 aliphatic heterocycles. The van der Waals surface area contributed by atoms with Crippen molar-refractivity contribution >= 4 is 23.2 Å². The lowest BCUT2D eigenvalue weighted by Gasteiger charge is -2.17. The number of hydrogen-bond donors (Lipinski definition) is 1. The van der Waals surface area contributed by atoms with E-state index in [1.165, 1.54) is 17.2 Å². The monoisotopic (exact) mass is 359 g/mol. The molecule has 3 aromatic rings. The number of carbonyl (C=O) groups is 2. The van der Waals surface area contributed by atoms with Crippen molar-refractivity contribution in [3.63, 3.8) is 0 Å². The van der Waals surface area contributed by atoms with Gasteiger partial charge < -0.3 is 10.2 Å². The Morgan fingerprint density at radius 1 is 0.963 bits per heavy atom. The summed E-state index contributed by atoms with van der Waals surface area (Å²) in [4.78, 5) is 30.9. The summed E-state index contributed by atoms with van der Waals surface area (Å²) < 4.78 is 0. The molecule has 0 bridgehead atoms. The third-order valence-electron chi connectivity index (χ3n) is 4.32. The molecular formula is C22H21N3O2. The number of para-hydroxylation sites is 1. The van der Waals surface area contributed by atoms with E-state index in [1.54, 1.807) is 13.1 Å². The zero-order valence-corrected chi connectivity index (χ0v) is 15.6. The minimum atomic E-state index is -0.277. The van der Waals surface area contributed by atoms with Crippen LogP contribution < -0.4 is 10.2 Å². The lowest BCUT2D eigenvalue weighted by molar-refractivity contribution is 0.0988. The summed E-state index contributed by atoms with van der Waals surface area (Å²) in [6.45, 7) is 3.95. The first kappa shape index (κ1) is 18.3. The van der Waals surface area contributed by atoms with Crippen LogP contribution in [0, 0.1) is 13.8 Å². The average molecular weight is 359 g/mol. The van der Waals surface area contributed by atoms with Crippen LogP contribution >= 0.6 is 0 Å². The summed E-state index contributed by atoms with van der Waals surface area (Å²) in [5.41, 5.74) is 4.22. The summed E-state index contributed by atoms with van der Waals surface area (Å²) in [7, 11) is 1.68. The second kappa shape index (κ2) is 7.83. The summed E-state index contributed by atoms with van der Waals surface area (Å²) in [5.74, 6) is -0.553. The first-order valence-electron chi connectivity index (χ1n) is 8.63. The number of aryl methyl sites for hydroxylation is 2. The van der Waals surface area contributed by atoms with Crippen molar-refractivity contribution in [1.29, 1.82) is 0 Å². The molecule has 136 valence electrons. The highest BCUT2D eigenvalue weighted by atomic mass is 16.2. The van der Waals surface area contributed by atoms with E-state index in [-0.39, 0.29) is 17.5 Å². The zero-order valence-electron chi connectivity index (χ0n) is 15.6. The molecule has 1 N–H and O–H groups in total. The Kier molecular flexibility index (Phi) is 5.31. The molecule has 0 aliphatic rings. The number of carbonyl (C=O) groups excluding carboxylic acids is 2. The zero-order chi connectivity index (χ0) is 19.4. The molecule has 0 saturated heterocycles. The first-order valence-corrected chi connectivity index (χ1v) is 8.63. The van der Waals surface area contributed by atoms with Gasteiger partial charge in [0.15, 0.2) is 0 Å². The van der Waals surface area contributed by atoms with Crippen LogP contribution in [0.15, 0.2) is 66.9 Å². The molecule has 2 amide bonds. The highest BCUT2D eigenvalue weighted by Crippen LogP contribution is 2.18. The van der Waals surface area contributed by atoms with Crippen LogP contribution in [-0.4, -0.2) is 23.8 Å². The average Bonchev–Trinajstić information content (AvgIpc) is 2.69. The van der Waals surface area contributed by atoms with Gasteiger partial charge in [-0.1, -0.05) is 35.9 Å². The van der Waals surface area contributed by atoms with E-state index in [0.29, 0.717) is 5.56 Å². The van der Waals surface area contributed by atoms with Gasteiger partial charge in [-0.15, -0.1) is 0 Å². The third kappa shape index (κ3) is 4.20. The maximum atomic E-state index is 12.7. The molecule has 5 heteroatoms. The van der Waals surface area contributed by atoms with E-state index < -0.39 is 0 Å². The van der Waals surface area contributed by atoms with E-state index >= 15 is 0 Å². The van der Waals surface area contributed by atoms with Gasteiger partial charge in [0.2, 0.25) is 0 Å². The molecule has 0 radical (unpaired) electrons. The van der Waals surface area contributed by atoms with Gasteiger partial charge in [-0.25, -0.2) is 0 Å². The predicted molar refractivity (Wildman–Crippen MR) is 107 cm³/mol. The molecule has 5 nitrogen and oxygen atoms in total. The van der Waals surface area contributed by atoms with E-state index in [2.05, 4.69) is 10.3 Å². The van der Waals surface area contributed by atoms with E-state index in [9.17, 15) is 9.59 Å². The second-order valence-electron chi connectivity index (χ2n) is 6.40. The Labute approximate surface area is 158 Å². The maximum absolute atomic E-state index is 12.7. The molecule has 3 rings (SSSR count). The predicted octanol–water partition coefficient (Wildman–Crippen LogP) is 4.23. The molecule has 1 heterocycles. The van der Waals surface area contributed by atoms with E-state index in [0.717, 1.165) is 22.5 Å². The van der Waals surface area contributed by atoms with Gasteiger partial charge in [-0.05, 0) is 49.7 Å². The summed E-state index contributed by atoms with van der Waals surface area (Å²) >= 11 is 0. The number of nitrogens with zero attached hydrogens (tertiary/aromatic N) is 2. The highest BCUT2D eigenvalue weighted by Gasteiger charge is 2.17. The number of amides is 2. The number of hydrogen-bond acceptors (Lipinski definition) is 3. The standard InChI is InChI=1S/C22H21N3O2/c1-15-9-10-19(16(2)13-15)24-21(26)17-11-12-23-20(14-17)22(27)25(3)18-7-5-4-6-8-18/h4-14H,1-3H3,(H,24,26). The largest absolute Gasteiger partial charge is 0.322 e. The number of aromatic nitrogens is 1. The number of rotatable bonds is 4. The summed E-state index contributed by atoms with van der Waals surface area (Å²) in [6.07, 6.45) is 1.48. The van der Waals surface area contributed by atoms with Crippen LogP contribution in [0.5, 0.6) is 0 Å². The smallest absolute Gasteiger partial charge is 0.276 e. The van der Waals surface area contributed by atoms with Crippen LogP contribution in [-0.2, 0) is 0 Å². The lowest BCUT2D eigenvalue weighted by atomic mass is 10.1. The van der Waals surface area contributed by atoms with Gasteiger partial charge in [-0.2, -0.15) is 0 Å². The van der Waals surface area contributed by atoms with E-state index in [1.807, 2.05) is 62.4 Å². The Hall–Kier alpha value is -3.47.